The van der Waals surface area contributed by atoms with Crippen molar-refractivity contribution in [2.75, 3.05) is 7.11 Å². The van der Waals surface area contributed by atoms with Crippen molar-refractivity contribution in [1.29, 1.82) is 0 Å². The van der Waals surface area contributed by atoms with Gasteiger partial charge in [0.2, 0.25) is 0 Å². The molecule has 0 aliphatic rings. The van der Waals surface area contributed by atoms with E-state index in [0.29, 0.717) is 5.75 Å². The molecule has 0 amide bonds. The lowest BCUT2D eigenvalue weighted by atomic mass is 10.0. The van der Waals surface area contributed by atoms with Gasteiger partial charge in [0.05, 0.1) is 7.11 Å². The molecule has 2 nitrogen and oxygen atoms in total. The average Bonchev–Trinajstić information content (AvgIpc) is 2.19. The SMILES string of the molecule is CCCc1cc(O)c(OC)cc1CC. The molecule has 0 aliphatic carbocycles. The number of phenolic OH excluding ortho intramolecular Hbond substituents is 1. The van der Waals surface area contributed by atoms with Gasteiger partial charge in [0.15, 0.2) is 11.5 Å². The van der Waals surface area contributed by atoms with E-state index in [2.05, 4.69) is 13.8 Å². The maximum atomic E-state index is 9.61. The molecule has 14 heavy (non-hydrogen) atoms. The Labute approximate surface area is 85.5 Å². The van der Waals surface area contributed by atoms with Crippen molar-refractivity contribution >= 4 is 0 Å². The summed E-state index contributed by atoms with van der Waals surface area (Å²) in [6.45, 7) is 4.26. The Kier molecular flexibility index (Phi) is 3.81. The summed E-state index contributed by atoms with van der Waals surface area (Å²) in [5.74, 6) is 0.815. The minimum atomic E-state index is 0.244. The number of phenols is 1. The smallest absolute Gasteiger partial charge is 0.160 e. The first kappa shape index (κ1) is 10.9. The lowest BCUT2D eigenvalue weighted by Crippen LogP contribution is -1.94. The van der Waals surface area contributed by atoms with E-state index in [-0.39, 0.29) is 5.75 Å². The van der Waals surface area contributed by atoms with Crippen LogP contribution < -0.4 is 4.74 Å². The number of benzene rings is 1. The van der Waals surface area contributed by atoms with Gasteiger partial charge in [0, 0.05) is 0 Å². The van der Waals surface area contributed by atoms with E-state index < -0.39 is 0 Å². The predicted octanol–water partition coefficient (Wildman–Crippen LogP) is 2.92. The van der Waals surface area contributed by atoms with Crippen molar-refractivity contribution in [3.05, 3.63) is 23.3 Å². The van der Waals surface area contributed by atoms with Gasteiger partial charge < -0.3 is 9.84 Å². The van der Waals surface area contributed by atoms with E-state index in [9.17, 15) is 5.11 Å². The maximum Gasteiger partial charge on any atom is 0.160 e. The van der Waals surface area contributed by atoms with Gasteiger partial charge >= 0.3 is 0 Å². The molecule has 0 atom stereocenters. The highest BCUT2D eigenvalue weighted by Crippen LogP contribution is 2.30. The Bertz CT molecular complexity index is 305. The second-order valence-corrected chi connectivity index (χ2v) is 3.40. The van der Waals surface area contributed by atoms with Crippen LogP contribution in [0, 0.1) is 0 Å². The highest BCUT2D eigenvalue weighted by Gasteiger charge is 2.07. The van der Waals surface area contributed by atoms with Crippen molar-refractivity contribution in [1.82, 2.24) is 0 Å². The van der Waals surface area contributed by atoms with Crippen LogP contribution in [-0.4, -0.2) is 12.2 Å². The molecule has 78 valence electrons. The third-order valence-electron chi connectivity index (χ3n) is 2.40. The van der Waals surface area contributed by atoms with Gasteiger partial charge in [-0.15, -0.1) is 0 Å². The fourth-order valence-corrected chi connectivity index (χ4v) is 1.65. The topological polar surface area (TPSA) is 29.5 Å². The minimum Gasteiger partial charge on any atom is -0.504 e. The summed E-state index contributed by atoms with van der Waals surface area (Å²) in [5.41, 5.74) is 2.50. The van der Waals surface area contributed by atoms with Crippen molar-refractivity contribution in [2.45, 2.75) is 33.1 Å². The van der Waals surface area contributed by atoms with Gasteiger partial charge in [-0.05, 0) is 36.1 Å². The largest absolute Gasteiger partial charge is 0.504 e. The molecule has 0 radical (unpaired) electrons. The zero-order chi connectivity index (χ0) is 10.6. The molecule has 0 aromatic heterocycles. The minimum absolute atomic E-state index is 0.244. The normalized spacial score (nSPS) is 10.2. The summed E-state index contributed by atoms with van der Waals surface area (Å²) in [6, 6.07) is 3.75. The molecule has 2 heteroatoms. The number of rotatable bonds is 4. The number of methoxy groups -OCH3 is 1. The highest BCUT2D eigenvalue weighted by molar-refractivity contribution is 5.46. The molecule has 0 aliphatic heterocycles. The Balaban J connectivity index is 3.10. The van der Waals surface area contributed by atoms with E-state index >= 15 is 0 Å². The summed E-state index contributed by atoms with van der Waals surface area (Å²) in [5, 5.41) is 9.61. The Hall–Kier alpha value is -1.18. The molecule has 0 saturated carbocycles. The number of aromatic hydroxyl groups is 1. The summed E-state index contributed by atoms with van der Waals surface area (Å²) < 4.78 is 5.07. The van der Waals surface area contributed by atoms with Crippen LogP contribution in [0.2, 0.25) is 0 Å². The van der Waals surface area contributed by atoms with E-state index in [0.717, 1.165) is 19.3 Å². The summed E-state index contributed by atoms with van der Waals surface area (Å²) >= 11 is 0. The van der Waals surface area contributed by atoms with Crippen LogP contribution in [0.1, 0.15) is 31.4 Å². The molecule has 0 unspecified atom stereocenters. The van der Waals surface area contributed by atoms with Crippen LogP contribution in [0.15, 0.2) is 12.1 Å². The van der Waals surface area contributed by atoms with Crippen LogP contribution in [-0.2, 0) is 12.8 Å². The van der Waals surface area contributed by atoms with E-state index in [1.54, 1.807) is 7.11 Å². The Morgan fingerprint density at radius 1 is 1.21 bits per heavy atom. The van der Waals surface area contributed by atoms with Gasteiger partial charge in [-0.25, -0.2) is 0 Å². The lowest BCUT2D eigenvalue weighted by molar-refractivity contribution is 0.372. The molecule has 0 saturated heterocycles. The predicted molar refractivity (Wildman–Crippen MR) is 58.0 cm³/mol. The van der Waals surface area contributed by atoms with E-state index in [1.165, 1.54) is 11.1 Å². The number of hydrogen-bond donors (Lipinski definition) is 1. The molecular weight excluding hydrogens is 176 g/mol. The number of hydrogen-bond acceptors (Lipinski definition) is 2. The fraction of sp³-hybridized carbons (Fsp3) is 0.500. The molecule has 0 spiro atoms. The van der Waals surface area contributed by atoms with Crippen molar-refractivity contribution < 1.29 is 9.84 Å². The fourth-order valence-electron chi connectivity index (χ4n) is 1.65. The highest BCUT2D eigenvalue weighted by atomic mass is 16.5. The van der Waals surface area contributed by atoms with Gasteiger partial charge in [0.1, 0.15) is 0 Å². The third kappa shape index (κ3) is 2.19. The van der Waals surface area contributed by atoms with Gasteiger partial charge in [-0.3, -0.25) is 0 Å². The van der Waals surface area contributed by atoms with Crippen LogP contribution in [0.3, 0.4) is 0 Å². The van der Waals surface area contributed by atoms with E-state index in [1.807, 2.05) is 12.1 Å². The molecule has 1 N–H and O–H groups in total. The van der Waals surface area contributed by atoms with Crippen LogP contribution in [0.25, 0.3) is 0 Å². The molecule has 1 aromatic carbocycles. The standard InChI is InChI=1S/C12H18O2/c1-4-6-10-7-11(13)12(14-3)8-9(10)5-2/h7-8,13H,4-6H2,1-3H3. The van der Waals surface area contributed by atoms with Crippen molar-refractivity contribution in [2.24, 2.45) is 0 Å². The molecule has 1 aromatic rings. The molecule has 0 bridgehead atoms. The van der Waals surface area contributed by atoms with Crippen molar-refractivity contribution in [3.63, 3.8) is 0 Å². The van der Waals surface area contributed by atoms with Crippen LogP contribution in [0.4, 0.5) is 0 Å². The number of aryl methyl sites for hydroxylation is 2. The third-order valence-corrected chi connectivity index (χ3v) is 2.40. The zero-order valence-electron chi connectivity index (χ0n) is 9.13. The van der Waals surface area contributed by atoms with Crippen LogP contribution in [0.5, 0.6) is 11.5 Å². The first-order chi connectivity index (χ1) is 6.72. The second kappa shape index (κ2) is 4.89. The average molecular weight is 194 g/mol. The monoisotopic (exact) mass is 194 g/mol. The summed E-state index contributed by atoms with van der Waals surface area (Å²) in [7, 11) is 1.58. The summed E-state index contributed by atoms with van der Waals surface area (Å²) in [6.07, 6.45) is 3.09. The molecule has 0 fully saturated rings. The van der Waals surface area contributed by atoms with Gasteiger partial charge in [-0.2, -0.15) is 0 Å². The molecular formula is C12H18O2. The molecule has 0 heterocycles. The number of ether oxygens (including phenoxy) is 1. The first-order valence-electron chi connectivity index (χ1n) is 5.11. The summed E-state index contributed by atoms with van der Waals surface area (Å²) in [4.78, 5) is 0. The quantitative estimate of drug-likeness (QED) is 0.798. The van der Waals surface area contributed by atoms with Gasteiger partial charge in [-0.1, -0.05) is 20.3 Å². The zero-order valence-corrected chi connectivity index (χ0v) is 9.13. The Morgan fingerprint density at radius 3 is 2.43 bits per heavy atom. The maximum absolute atomic E-state index is 9.61. The second-order valence-electron chi connectivity index (χ2n) is 3.40. The van der Waals surface area contributed by atoms with Crippen molar-refractivity contribution in [3.8, 4) is 11.5 Å². The molecule has 1 rings (SSSR count). The van der Waals surface area contributed by atoms with E-state index in [4.69, 9.17) is 4.74 Å². The lowest BCUT2D eigenvalue weighted by Gasteiger charge is -2.11. The first-order valence-corrected chi connectivity index (χ1v) is 5.11. The van der Waals surface area contributed by atoms with Gasteiger partial charge in [0.25, 0.3) is 0 Å². The van der Waals surface area contributed by atoms with Crippen LogP contribution >= 0.6 is 0 Å². The Morgan fingerprint density at radius 2 is 1.93 bits per heavy atom.